The highest BCUT2D eigenvalue weighted by Crippen LogP contribution is 2.45. The van der Waals surface area contributed by atoms with Gasteiger partial charge in [0.1, 0.15) is 11.2 Å². The van der Waals surface area contributed by atoms with Gasteiger partial charge in [0.15, 0.2) is 0 Å². The van der Waals surface area contributed by atoms with Crippen LogP contribution in [0, 0.1) is 0 Å². The van der Waals surface area contributed by atoms with Gasteiger partial charge in [-0.2, -0.15) is 0 Å². The van der Waals surface area contributed by atoms with E-state index in [-0.39, 0.29) is 0 Å². The molecule has 0 aliphatic carbocycles. The average Bonchev–Trinajstić information content (AvgIpc) is 3.66. The standard InChI is InChI=1S/C54H36N2O/c1-4-14-37(15-5-1)38-24-28-42(29-25-38)56(41-18-8-3-9-19-41)52-36-50-46(45-20-10-11-21-47(45)52)32-27-39-26-30-43(34-49(39)50)55(40-16-6-2-7-17-40)44-31-33-54-51(35-44)48-22-12-13-23-53(48)57-54/h1-36H. The zero-order chi connectivity index (χ0) is 37.7. The lowest BCUT2D eigenvalue weighted by atomic mass is 9.94. The van der Waals surface area contributed by atoms with Gasteiger partial charge in [-0.25, -0.2) is 0 Å². The van der Waals surface area contributed by atoms with Crippen molar-refractivity contribution in [2.24, 2.45) is 0 Å². The van der Waals surface area contributed by atoms with E-state index >= 15 is 0 Å². The summed E-state index contributed by atoms with van der Waals surface area (Å²) in [7, 11) is 0. The van der Waals surface area contributed by atoms with E-state index in [1.54, 1.807) is 0 Å². The Morgan fingerprint density at radius 1 is 0.263 bits per heavy atom. The summed E-state index contributed by atoms with van der Waals surface area (Å²) in [6.45, 7) is 0. The maximum absolute atomic E-state index is 6.24. The molecule has 11 aromatic rings. The van der Waals surface area contributed by atoms with Crippen LogP contribution >= 0.6 is 0 Å². The fourth-order valence-corrected chi connectivity index (χ4v) is 8.52. The minimum atomic E-state index is 0.884. The zero-order valence-electron chi connectivity index (χ0n) is 31.1. The minimum Gasteiger partial charge on any atom is -0.456 e. The highest BCUT2D eigenvalue weighted by atomic mass is 16.3. The maximum Gasteiger partial charge on any atom is 0.135 e. The first-order valence-electron chi connectivity index (χ1n) is 19.4. The highest BCUT2D eigenvalue weighted by Gasteiger charge is 2.20. The van der Waals surface area contributed by atoms with Crippen molar-refractivity contribution >= 4 is 88.4 Å². The molecule has 0 aliphatic heterocycles. The molecule has 0 unspecified atom stereocenters. The van der Waals surface area contributed by atoms with Crippen LogP contribution in [0.1, 0.15) is 0 Å². The molecule has 3 nitrogen and oxygen atoms in total. The summed E-state index contributed by atoms with van der Waals surface area (Å²) >= 11 is 0. The monoisotopic (exact) mass is 728 g/mol. The summed E-state index contributed by atoms with van der Waals surface area (Å²) in [4.78, 5) is 4.76. The van der Waals surface area contributed by atoms with Crippen LogP contribution in [-0.2, 0) is 0 Å². The lowest BCUT2D eigenvalue weighted by Gasteiger charge is -2.28. The molecule has 11 rings (SSSR count). The normalized spacial score (nSPS) is 11.5. The van der Waals surface area contributed by atoms with Crippen molar-refractivity contribution in [1.29, 1.82) is 0 Å². The van der Waals surface area contributed by atoms with Crippen LogP contribution in [0.15, 0.2) is 223 Å². The third-order valence-electron chi connectivity index (χ3n) is 11.2. The van der Waals surface area contributed by atoms with Crippen molar-refractivity contribution in [3.05, 3.63) is 218 Å². The van der Waals surface area contributed by atoms with Crippen molar-refractivity contribution in [3.63, 3.8) is 0 Å². The Hall–Kier alpha value is -7.62. The SMILES string of the molecule is c1ccc(-c2ccc(N(c3ccccc3)c3cc4c5cc(N(c6ccccc6)c6ccc7oc8ccccc8c7c6)ccc5ccc4c4ccccc34)cc2)cc1. The van der Waals surface area contributed by atoms with Gasteiger partial charge in [-0.1, -0.05) is 140 Å². The van der Waals surface area contributed by atoms with Crippen LogP contribution in [0.4, 0.5) is 34.1 Å². The topological polar surface area (TPSA) is 19.6 Å². The summed E-state index contributed by atoms with van der Waals surface area (Å²) < 4.78 is 6.24. The summed E-state index contributed by atoms with van der Waals surface area (Å²) in [5, 5.41) is 9.45. The first-order valence-corrected chi connectivity index (χ1v) is 19.4. The lowest BCUT2D eigenvalue weighted by molar-refractivity contribution is 0.669. The number of hydrogen-bond donors (Lipinski definition) is 0. The van der Waals surface area contributed by atoms with Crippen LogP contribution in [-0.4, -0.2) is 0 Å². The van der Waals surface area contributed by atoms with Crippen LogP contribution in [0.5, 0.6) is 0 Å². The maximum atomic E-state index is 6.24. The van der Waals surface area contributed by atoms with Crippen molar-refractivity contribution < 1.29 is 4.42 Å². The molecule has 268 valence electrons. The molecule has 10 aromatic carbocycles. The van der Waals surface area contributed by atoms with Gasteiger partial charge in [-0.05, 0) is 117 Å². The molecule has 0 fully saturated rings. The van der Waals surface area contributed by atoms with Crippen LogP contribution in [0.3, 0.4) is 0 Å². The van der Waals surface area contributed by atoms with Crippen LogP contribution < -0.4 is 9.80 Å². The Morgan fingerprint density at radius 2 is 0.754 bits per heavy atom. The van der Waals surface area contributed by atoms with E-state index in [0.717, 1.165) is 56.1 Å². The summed E-state index contributed by atoms with van der Waals surface area (Å²) in [5.41, 5.74) is 10.8. The quantitative estimate of drug-likeness (QED) is 0.152. The molecule has 3 heteroatoms. The van der Waals surface area contributed by atoms with Crippen molar-refractivity contribution in [3.8, 4) is 11.1 Å². The molecule has 1 aromatic heterocycles. The zero-order valence-corrected chi connectivity index (χ0v) is 31.1. The lowest BCUT2D eigenvalue weighted by Crippen LogP contribution is -2.11. The van der Waals surface area contributed by atoms with Gasteiger partial charge in [-0.3, -0.25) is 0 Å². The van der Waals surface area contributed by atoms with E-state index in [0.29, 0.717) is 0 Å². The molecule has 0 aliphatic rings. The first-order chi connectivity index (χ1) is 28.3. The molecule has 1 heterocycles. The number of para-hydroxylation sites is 3. The van der Waals surface area contributed by atoms with Gasteiger partial charge in [0.05, 0.1) is 5.69 Å². The number of rotatable bonds is 7. The van der Waals surface area contributed by atoms with E-state index in [2.05, 4.69) is 216 Å². The summed E-state index contributed by atoms with van der Waals surface area (Å²) in [5.74, 6) is 0. The average molecular weight is 729 g/mol. The molecule has 0 saturated heterocycles. The number of furan rings is 1. The smallest absolute Gasteiger partial charge is 0.135 e. The van der Waals surface area contributed by atoms with Gasteiger partial charge < -0.3 is 14.2 Å². The third kappa shape index (κ3) is 5.68. The summed E-state index contributed by atoms with van der Waals surface area (Å²) in [6, 6.07) is 78.3. The minimum absolute atomic E-state index is 0.884. The predicted octanol–water partition coefficient (Wildman–Crippen LogP) is 15.7. The Labute approximate surface area is 330 Å². The molecular weight excluding hydrogens is 693 g/mol. The number of anilines is 6. The van der Waals surface area contributed by atoms with E-state index in [4.69, 9.17) is 4.42 Å². The molecule has 0 saturated carbocycles. The van der Waals surface area contributed by atoms with Gasteiger partial charge in [0.2, 0.25) is 0 Å². The second kappa shape index (κ2) is 13.6. The Balaban J connectivity index is 1.13. The molecule has 0 atom stereocenters. The fourth-order valence-electron chi connectivity index (χ4n) is 8.52. The second-order valence-corrected chi connectivity index (χ2v) is 14.5. The Morgan fingerprint density at radius 3 is 1.49 bits per heavy atom. The van der Waals surface area contributed by atoms with Gasteiger partial charge >= 0.3 is 0 Å². The first kappa shape index (κ1) is 32.8. The van der Waals surface area contributed by atoms with E-state index < -0.39 is 0 Å². The highest BCUT2D eigenvalue weighted by molar-refractivity contribution is 6.22. The molecule has 0 radical (unpaired) electrons. The molecule has 0 bridgehead atoms. The fraction of sp³-hybridized carbons (Fsp3) is 0. The Bertz CT molecular complexity index is 3230. The van der Waals surface area contributed by atoms with Gasteiger partial charge in [-0.15, -0.1) is 0 Å². The predicted molar refractivity (Wildman–Crippen MR) is 241 cm³/mol. The number of nitrogens with zero attached hydrogens (tertiary/aromatic N) is 2. The number of fused-ring (bicyclic) bond motifs is 8. The van der Waals surface area contributed by atoms with Crippen LogP contribution in [0.2, 0.25) is 0 Å². The third-order valence-corrected chi connectivity index (χ3v) is 11.2. The number of benzene rings is 10. The summed E-state index contributed by atoms with van der Waals surface area (Å²) in [6.07, 6.45) is 0. The largest absolute Gasteiger partial charge is 0.456 e. The molecule has 0 spiro atoms. The van der Waals surface area contributed by atoms with E-state index in [9.17, 15) is 0 Å². The van der Waals surface area contributed by atoms with Gasteiger partial charge in [0, 0.05) is 44.6 Å². The van der Waals surface area contributed by atoms with Gasteiger partial charge in [0.25, 0.3) is 0 Å². The molecule has 0 N–H and O–H groups in total. The van der Waals surface area contributed by atoms with Crippen molar-refractivity contribution in [1.82, 2.24) is 0 Å². The van der Waals surface area contributed by atoms with Crippen molar-refractivity contribution in [2.75, 3.05) is 9.80 Å². The number of hydrogen-bond acceptors (Lipinski definition) is 3. The van der Waals surface area contributed by atoms with E-state index in [1.807, 2.05) is 12.1 Å². The van der Waals surface area contributed by atoms with Crippen LogP contribution in [0.25, 0.3) is 65.4 Å². The molecule has 0 amide bonds. The Kier molecular flexibility index (Phi) is 7.82. The second-order valence-electron chi connectivity index (χ2n) is 14.5. The van der Waals surface area contributed by atoms with Crippen molar-refractivity contribution in [2.45, 2.75) is 0 Å². The molecule has 57 heavy (non-hydrogen) atoms. The molecular formula is C54H36N2O. The van der Waals surface area contributed by atoms with E-state index in [1.165, 1.54) is 43.4 Å².